The summed E-state index contributed by atoms with van der Waals surface area (Å²) < 4.78 is 0. The van der Waals surface area contributed by atoms with Gasteiger partial charge in [0.25, 0.3) is 0 Å². The van der Waals surface area contributed by atoms with Crippen molar-refractivity contribution in [2.75, 3.05) is 0 Å². The number of carboxylic acids is 1. The normalized spacial score (nSPS) is 38.3. The summed E-state index contributed by atoms with van der Waals surface area (Å²) in [6, 6.07) is 0. The van der Waals surface area contributed by atoms with Gasteiger partial charge in [-0.25, -0.2) is 4.79 Å². The van der Waals surface area contributed by atoms with Crippen LogP contribution in [0, 0.1) is 17.3 Å². The van der Waals surface area contributed by atoms with Crippen LogP contribution in [0.2, 0.25) is 0 Å². The van der Waals surface area contributed by atoms with Crippen LogP contribution in [0.25, 0.3) is 0 Å². The summed E-state index contributed by atoms with van der Waals surface area (Å²) >= 11 is 0. The van der Waals surface area contributed by atoms with Crippen molar-refractivity contribution in [2.24, 2.45) is 17.3 Å². The molecule has 3 atom stereocenters. The second-order valence-electron chi connectivity index (χ2n) is 6.20. The lowest BCUT2D eigenvalue weighted by molar-refractivity contribution is -0.132. The van der Waals surface area contributed by atoms with Crippen LogP contribution in [-0.2, 0) is 4.79 Å². The first-order valence-electron chi connectivity index (χ1n) is 6.63. The zero-order chi connectivity index (χ0) is 13.5. The molecule has 0 aromatic rings. The Morgan fingerprint density at radius 2 is 2.06 bits per heavy atom. The van der Waals surface area contributed by atoms with Gasteiger partial charge in [-0.1, -0.05) is 26.5 Å². The van der Waals surface area contributed by atoms with Gasteiger partial charge in [-0.2, -0.15) is 0 Å². The van der Waals surface area contributed by atoms with Gasteiger partial charge in [0.15, 0.2) is 0 Å². The molecule has 0 amide bonds. The maximum absolute atomic E-state index is 11.2. The van der Waals surface area contributed by atoms with Gasteiger partial charge in [0.2, 0.25) is 0 Å². The highest BCUT2D eigenvalue weighted by molar-refractivity contribution is 5.86. The number of hydrogen-bond acceptors (Lipinski definition) is 2. The molecule has 2 N–H and O–H groups in total. The second kappa shape index (κ2) is 4.54. The lowest BCUT2D eigenvalue weighted by Crippen LogP contribution is -2.13. The zero-order valence-electron chi connectivity index (χ0n) is 11.1. The fourth-order valence-electron chi connectivity index (χ4n) is 3.15. The standard InChI is InChI=1S/C15H22O3/c1-9-4-6-11-12(15(11,2)3)8-10(14(17)18)5-7-13(9)16/h8,11-13,16H,1,4-7H2,2-3H3,(H,17,18)/b10-8-/t11-,12+,13-/m0/s1. The number of carbonyl (C=O) groups is 1. The van der Waals surface area contributed by atoms with Crippen LogP contribution in [-0.4, -0.2) is 22.3 Å². The van der Waals surface area contributed by atoms with E-state index in [1.54, 1.807) is 0 Å². The molecular formula is C15H22O3. The molecule has 0 spiro atoms. The highest BCUT2D eigenvalue weighted by atomic mass is 16.4. The van der Waals surface area contributed by atoms with Crippen LogP contribution in [0.1, 0.15) is 39.5 Å². The van der Waals surface area contributed by atoms with Crippen molar-refractivity contribution in [3.63, 3.8) is 0 Å². The van der Waals surface area contributed by atoms with E-state index in [2.05, 4.69) is 20.4 Å². The second-order valence-corrected chi connectivity index (χ2v) is 6.20. The largest absolute Gasteiger partial charge is 0.478 e. The van der Waals surface area contributed by atoms with Gasteiger partial charge in [-0.3, -0.25) is 0 Å². The molecule has 2 rings (SSSR count). The van der Waals surface area contributed by atoms with Crippen molar-refractivity contribution in [1.82, 2.24) is 0 Å². The Bertz CT molecular complexity index is 406. The summed E-state index contributed by atoms with van der Waals surface area (Å²) in [6.07, 6.45) is 4.10. The molecule has 3 heteroatoms. The Labute approximate surface area is 108 Å². The third kappa shape index (κ3) is 2.37. The van der Waals surface area contributed by atoms with E-state index < -0.39 is 12.1 Å². The fourth-order valence-corrected chi connectivity index (χ4v) is 3.15. The van der Waals surface area contributed by atoms with Gasteiger partial charge in [0.05, 0.1) is 6.10 Å². The summed E-state index contributed by atoms with van der Waals surface area (Å²) in [5.74, 6) is 0.0374. The summed E-state index contributed by atoms with van der Waals surface area (Å²) in [7, 11) is 0. The summed E-state index contributed by atoms with van der Waals surface area (Å²) in [5.41, 5.74) is 1.49. The molecule has 0 unspecified atom stereocenters. The molecule has 0 bridgehead atoms. The van der Waals surface area contributed by atoms with Crippen LogP contribution in [0.15, 0.2) is 23.8 Å². The van der Waals surface area contributed by atoms with Crippen LogP contribution < -0.4 is 0 Å². The van der Waals surface area contributed by atoms with E-state index in [4.69, 9.17) is 0 Å². The molecule has 0 radical (unpaired) electrons. The average molecular weight is 250 g/mol. The predicted molar refractivity (Wildman–Crippen MR) is 70.1 cm³/mol. The first kappa shape index (κ1) is 13.3. The predicted octanol–water partition coefficient (Wildman–Crippen LogP) is 2.76. The topological polar surface area (TPSA) is 57.5 Å². The highest BCUT2D eigenvalue weighted by Crippen LogP contribution is 2.61. The minimum atomic E-state index is -0.852. The van der Waals surface area contributed by atoms with Gasteiger partial charge in [-0.05, 0) is 48.5 Å². The lowest BCUT2D eigenvalue weighted by atomic mass is 9.95. The quantitative estimate of drug-likeness (QED) is 0.703. The third-order valence-corrected chi connectivity index (χ3v) is 4.73. The Kier molecular flexibility index (Phi) is 3.37. The summed E-state index contributed by atoms with van der Waals surface area (Å²) in [6.45, 7) is 8.30. The van der Waals surface area contributed by atoms with E-state index in [0.29, 0.717) is 30.3 Å². The lowest BCUT2D eigenvalue weighted by Gasteiger charge is -2.15. The van der Waals surface area contributed by atoms with Crippen molar-refractivity contribution in [2.45, 2.75) is 45.6 Å². The molecule has 0 aliphatic heterocycles. The Morgan fingerprint density at radius 1 is 1.39 bits per heavy atom. The number of fused-ring (bicyclic) bond motifs is 1. The number of allylic oxidation sites excluding steroid dienone is 1. The van der Waals surface area contributed by atoms with Gasteiger partial charge in [0, 0.05) is 5.57 Å². The highest BCUT2D eigenvalue weighted by Gasteiger charge is 2.55. The maximum Gasteiger partial charge on any atom is 0.331 e. The fraction of sp³-hybridized carbons (Fsp3) is 0.667. The van der Waals surface area contributed by atoms with Gasteiger partial charge in [0.1, 0.15) is 0 Å². The summed E-state index contributed by atoms with van der Waals surface area (Å²) in [5, 5.41) is 19.1. The van der Waals surface area contributed by atoms with E-state index in [1.165, 1.54) is 0 Å². The SMILES string of the molecule is C=C1CC[C@H]2[C@@H](/C=C(\C(=O)O)CC[C@@H]1O)C2(C)C. The smallest absolute Gasteiger partial charge is 0.331 e. The molecule has 1 fully saturated rings. The van der Waals surface area contributed by atoms with Crippen LogP contribution in [0.4, 0.5) is 0 Å². The molecule has 3 nitrogen and oxygen atoms in total. The molecule has 2 aliphatic rings. The maximum atomic E-state index is 11.2. The van der Waals surface area contributed by atoms with E-state index in [1.807, 2.05) is 6.08 Å². The van der Waals surface area contributed by atoms with Crippen molar-refractivity contribution >= 4 is 5.97 Å². The third-order valence-electron chi connectivity index (χ3n) is 4.73. The molecule has 2 aliphatic carbocycles. The van der Waals surface area contributed by atoms with Crippen molar-refractivity contribution in [3.8, 4) is 0 Å². The zero-order valence-corrected chi connectivity index (χ0v) is 11.1. The number of aliphatic hydroxyl groups excluding tert-OH is 1. The molecular weight excluding hydrogens is 228 g/mol. The van der Waals surface area contributed by atoms with Crippen LogP contribution >= 0.6 is 0 Å². The Balaban J connectivity index is 2.23. The van der Waals surface area contributed by atoms with E-state index in [0.717, 1.165) is 18.4 Å². The van der Waals surface area contributed by atoms with Crippen molar-refractivity contribution in [1.29, 1.82) is 0 Å². The van der Waals surface area contributed by atoms with Crippen LogP contribution in [0.3, 0.4) is 0 Å². The molecule has 0 heterocycles. The van der Waals surface area contributed by atoms with Gasteiger partial charge >= 0.3 is 5.97 Å². The van der Waals surface area contributed by atoms with Crippen LogP contribution in [0.5, 0.6) is 0 Å². The molecule has 0 saturated heterocycles. The monoisotopic (exact) mass is 250 g/mol. The number of aliphatic carboxylic acids is 1. The number of carboxylic acid groups (broad SMARTS) is 1. The van der Waals surface area contributed by atoms with E-state index >= 15 is 0 Å². The Morgan fingerprint density at radius 3 is 2.67 bits per heavy atom. The summed E-state index contributed by atoms with van der Waals surface area (Å²) in [4.78, 5) is 11.2. The number of hydrogen-bond donors (Lipinski definition) is 2. The van der Waals surface area contributed by atoms with Crippen molar-refractivity contribution < 1.29 is 15.0 Å². The average Bonchev–Trinajstić information content (AvgIpc) is 2.80. The molecule has 1 saturated carbocycles. The molecule has 0 aromatic heterocycles. The van der Waals surface area contributed by atoms with Gasteiger partial charge < -0.3 is 10.2 Å². The minimum Gasteiger partial charge on any atom is -0.478 e. The van der Waals surface area contributed by atoms with E-state index in [9.17, 15) is 15.0 Å². The first-order valence-corrected chi connectivity index (χ1v) is 6.63. The molecule has 18 heavy (non-hydrogen) atoms. The Hall–Kier alpha value is -1.09. The molecule has 0 aromatic carbocycles. The van der Waals surface area contributed by atoms with Gasteiger partial charge in [-0.15, -0.1) is 0 Å². The minimum absolute atomic E-state index is 0.191. The number of rotatable bonds is 1. The van der Waals surface area contributed by atoms with Crippen molar-refractivity contribution in [3.05, 3.63) is 23.8 Å². The van der Waals surface area contributed by atoms with E-state index in [-0.39, 0.29) is 5.41 Å². The molecule has 100 valence electrons. The first-order chi connectivity index (χ1) is 8.34. The number of aliphatic hydroxyl groups is 1.